The first-order chi connectivity index (χ1) is 16.9. The molecule has 8 heteroatoms. The van der Waals surface area contributed by atoms with Crippen molar-refractivity contribution < 1.29 is 19.1 Å². The number of likely N-dealkylation sites (N-methyl/N-ethyl adjacent to an activating group) is 1. The first-order valence-electron chi connectivity index (χ1n) is 12.3. The van der Waals surface area contributed by atoms with E-state index in [0.717, 1.165) is 31.5 Å². The maximum Gasteiger partial charge on any atom is 0.257 e. The van der Waals surface area contributed by atoms with E-state index >= 15 is 0 Å². The molecule has 1 saturated carbocycles. The Morgan fingerprint density at radius 1 is 1.23 bits per heavy atom. The van der Waals surface area contributed by atoms with Crippen LogP contribution in [-0.2, 0) is 16.1 Å². The van der Waals surface area contributed by atoms with Gasteiger partial charge in [0.1, 0.15) is 12.4 Å². The Labute approximate surface area is 207 Å². The minimum Gasteiger partial charge on any atom is -0.491 e. The number of nitrogens with zero attached hydrogens (tertiary/aromatic N) is 3. The van der Waals surface area contributed by atoms with Crippen molar-refractivity contribution in [3.05, 3.63) is 53.9 Å². The molecule has 0 saturated heterocycles. The molecule has 2 aliphatic rings. The highest BCUT2D eigenvalue weighted by atomic mass is 16.5. The molecule has 1 aromatic heterocycles. The Hall–Kier alpha value is -2.97. The fourth-order valence-electron chi connectivity index (χ4n) is 4.47. The normalized spacial score (nSPS) is 24.1. The molecular formula is C27H36N4O4. The van der Waals surface area contributed by atoms with Crippen molar-refractivity contribution in [2.45, 2.75) is 45.4 Å². The summed E-state index contributed by atoms with van der Waals surface area (Å²) in [7, 11) is 3.48. The third-order valence-electron chi connectivity index (χ3n) is 6.90. The van der Waals surface area contributed by atoms with Gasteiger partial charge in [-0.05, 0) is 55.5 Å². The van der Waals surface area contributed by atoms with Crippen LogP contribution in [0.25, 0.3) is 0 Å². The fraction of sp³-hybridized carbons (Fsp3) is 0.519. The highest BCUT2D eigenvalue weighted by molar-refractivity contribution is 6.00. The number of nitrogens with one attached hydrogen (secondary N) is 1. The molecule has 1 fully saturated rings. The Balaban J connectivity index is 1.61. The monoisotopic (exact) mass is 480 g/mol. The Kier molecular flexibility index (Phi) is 8.03. The number of pyridine rings is 1. The van der Waals surface area contributed by atoms with Gasteiger partial charge in [-0.1, -0.05) is 13.0 Å². The van der Waals surface area contributed by atoms with Gasteiger partial charge < -0.3 is 19.7 Å². The van der Waals surface area contributed by atoms with Gasteiger partial charge in [-0.3, -0.25) is 19.5 Å². The highest BCUT2D eigenvalue weighted by Gasteiger charge is 2.31. The van der Waals surface area contributed by atoms with E-state index < -0.39 is 0 Å². The van der Waals surface area contributed by atoms with Crippen LogP contribution < -0.4 is 10.1 Å². The van der Waals surface area contributed by atoms with Crippen LogP contribution in [0.15, 0.2) is 42.7 Å². The van der Waals surface area contributed by atoms with Crippen molar-refractivity contribution in [1.82, 2.24) is 14.8 Å². The van der Waals surface area contributed by atoms with Crippen LogP contribution in [0.5, 0.6) is 5.75 Å². The van der Waals surface area contributed by atoms with Crippen LogP contribution in [0.1, 0.15) is 42.6 Å². The number of carbonyl (C=O) groups is 2. The average Bonchev–Trinajstić information content (AvgIpc) is 3.71. The van der Waals surface area contributed by atoms with Gasteiger partial charge in [-0.15, -0.1) is 0 Å². The molecule has 3 atom stereocenters. The molecule has 2 amide bonds. The minimum absolute atomic E-state index is 0.00719. The number of hydrogen-bond donors (Lipinski definition) is 1. The van der Waals surface area contributed by atoms with Gasteiger partial charge in [0.15, 0.2) is 0 Å². The smallest absolute Gasteiger partial charge is 0.257 e. The molecule has 1 aliphatic carbocycles. The van der Waals surface area contributed by atoms with E-state index in [1.54, 1.807) is 43.5 Å². The van der Waals surface area contributed by atoms with E-state index in [1.165, 1.54) is 0 Å². The van der Waals surface area contributed by atoms with Gasteiger partial charge in [0.05, 0.1) is 11.7 Å². The van der Waals surface area contributed by atoms with E-state index in [1.807, 2.05) is 12.3 Å². The van der Waals surface area contributed by atoms with E-state index in [0.29, 0.717) is 30.2 Å². The van der Waals surface area contributed by atoms with E-state index in [9.17, 15) is 9.59 Å². The molecule has 0 unspecified atom stereocenters. The first-order valence-corrected chi connectivity index (χ1v) is 12.3. The van der Waals surface area contributed by atoms with E-state index in [2.05, 4.69) is 35.1 Å². The molecule has 35 heavy (non-hydrogen) atoms. The lowest BCUT2D eigenvalue weighted by Gasteiger charge is -2.36. The Morgan fingerprint density at radius 2 is 2.03 bits per heavy atom. The molecule has 1 aromatic carbocycles. The van der Waals surface area contributed by atoms with Crippen LogP contribution in [0.4, 0.5) is 5.69 Å². The first kappa shape index (κ1) is 25.1. The molecule has 0 spiro atoms. The number of fused-ring (bicyclic) bond motifs is 1. The molecule has 0 radical (unpaired) electrons. The summed E-state index contributed by atoms with van der Waals surface area (Å²) in [5.74, 6) is 0.630. The summed E-state index contributed by atoms with van der Waals surface area (Å²) in [5, 5.41) is 2.94. The van der Waals surface area contributed by atoms with Crippen molar-refractivity contribution in [2.75, 3.05) is 39.2 Å². The summed E-state index contributed by atoms with van der Waals surface area (Å²) in [6.07, 6.45) is 5.38. The number of rotatable bonds is 5. The third kappa shape index (κ3) is 6.38. The van der Waals surface area contributed by atoms with Gasteiger partial charge in [0.25, 0.3) is 5.91 Å². The number of amides is 2. The Morgan fingerprint density at radius 3 is 2.71 bits per heavy atom. The number of carbonyl (C=O) groups excluding carboxylic acids is 2. The maximum atomic E-state index is 13.5. The SMILES string of the molecule is CO[C@H]1CN(C)C(=O)c2cc(NC(=O)C3CC3)ccc2OC[C@H](C)N(Cc2cccnc2)C[C@@H]1C. The Bertz CT molecular complexity index is 1030. The standard InChI is InChI=1S/C27H36N4O4/c1-18-14-31(15-20-6-5-11-28-13-20)19(2)17-35-24-10-9-22(29-26(32)21-7-8-21)12-23(24)27(33)30(3)16-25(18)34-4/h5-6,9-13,18-19,21,25H,7-8,14-17H2,1-4H3,(H,29,32)/t18-,19-,25-/m0/s1. The zero-order valence-electron chi connectivity index (χ0n) is 21.1. The average molecular weight is 481 g/mol. The van der Waals surface area contributed by atoms with Crippen LogP contribution in [-0.4, -0.2) is 72.6 Å². The van der Waals surface area contributed by atoms with E-state index in [4.69, 9.17) is 9.47 Å². The van der Waals surface area contributed by atoms with Crippen LogP contribution in [0.2, 0.25) is 0 Å². The molecule has 188 valence electrons. The molecular weight excluding hydrogens is 444 g/mol. The number of ether oxygens (including phenoxy) is 2. The number of hydrogen-bond acceptors (Lipinski definition) is 6. The topological polar surface area (TPSA) is 84.0 Å². The van der Waals surface area contributed by atoms with Crippen LogP contribution in [0, 0.1) is 11.8 Å². The lowest BCUT2D eigenvalue weighted by atomic mass is 10.0. The van der Waals surface area contributed by atoms with Crippen molar-refractivity contribution in [3.63, 3.8) is 0 Å². The summed E-state index contributed by atoms with van der Waals surface area (Å²) < 4.78 is 12.1. The van der Waals surface area contributed by atoms with E-state index in [-0.39, 0.29) is 35.8 Å². The summed E-state index contributed by atoms with van der Waals surface area (Å²) in [6.45, 7) is 6.69. The van der Waals surface area contributed by atoms with Crippen molar-refractivity contribution in [3.8, 4) is 5.75 Å². The summed E-state index contributed by atoms with van der Waals surface area (Å²) in [6, 6.07) is 9.42. The van der Waals surface area contributed by atoms with Crippen LogP contribution in [0.3, 0.4) is 0 Å². The highest BCUT2D eigenvalue weighted by Crippen LogP contribution is 2.31. The van der Waals surface area contributed by atoms with Gasteiger partial charge >= 0.3 is 0 Å². The molecule has 1 N–H and O–H groups in total. The second kappa shape index (κ2) is 11.2. The van der Waals surface area contributed by atoms with Gasteiger partial charge in [-0.25, -0.2) is 0 Å². The van der Waals surface area contributed by atoms with Crippen molar-refractivity contribution in [2.24, 2.45) is 11.8 Å². The number of aromatic nitrogens is 1. The fourth-order valence-corrected chi connectivity index (χ4v) is 4.47. The zero-order chi connectivity index (χ0) is 24.9. The number of methoxy groups -OCH3 is 1. The minimum atomic E-state index is -0.155. The molecule has 1 aliphatic heterocycles. The molecule has 4 rings (SSSR count). The summed E-state index contributed by atoms with van der Waals surface area (Å²) in [4.78, 5) is 34.0. The van der Waals surface area contributed by atoms with Gasteiger partial charge in [0, 0.05) is 63.8 Å². The van der Waals surface area contributed by atoms with Crippen molar-refractivity contribution >= 4 is 17.5 Å². The molecule has 2 aromatic rings. The predicted molar refractivity (Wildman–Crippen MR) is 134 cm³/mol. The third-order valence-corrected chi connectivity index (χ3v) is 6.90. The molecule has 8 nitrogen and oxygen atoms in total. The maximum absolute atomic E-state index is 13.5. The summed E-state index contributed by atoms with van der Waals surface area (Å²) >= 11 is 0. The quantitative estimate of drug-likeness (QED) is 0.706. The zero-order valence-corrected chi connectivity index (χ0v) is 21.1. The summed E-state index contributed by atoms with van der Waals surface area (Å²) in [5.41, 5.74) is 2.19. The second-order valence-electron chi connectivity index (χ2n) is 9.86. The number of anilines is 1. The molecule has 0 bridgehead atoms. The largest absolute Gasteiger partial charge is 0.491 e. The lowest BCUT2D eigenvalue weighted by Crippen LogP contribution is -2.46. The molecule has 2 heterocycles. The van der Waals surface area contributed by atoms with Gasteiger partial charge in [-0.2, -0.15) is 0 Å². The lowest BCUT2D eigenvalue weighted by molar-refractivity contribution is -0.117. The number of benzene rings is 1. The second-order valence-corrected chi connectivity index (χ2v) is 9.86. The predicted octanol–water partition coefficient (Wildman–Crippen LogP) is 3.44. The van der Waals surface area contributed by atoms with Gasteiger partial charge in [0.2, 0.25) is 5.91 Å². The van der Waals surface area contributed by atoms with Crippen molar-refractivity contribution in [1.29, 1.82) is 0 Å². The van der Waals surface area contributed by atoms with Crippen LogP contribution >= 0.6 is 0 Å².